The number of aromatic amines is 1. The molecular formula is C12H12ClFN4O3. The van der Waals surface area contributed by atoms with Crippen LogP contribution in [0, 0.1) is 5.82 Å². The summed E-state index contributed by atoms with van der Waals surface area (Å²) < 4.78 is 15.3. The summed E-state index contributed by atoms with van der Waals surface area (Å²) in [6, 6.07) is 4.73. The molecule has 1 amide bonds. The minimum Gasteiger partial charge on any atom is -1.00 e. The average Bonchev–Trinajstić information content (AvgIpc) is 2.44. The number of hydrogen-bond donors (Lipinski definition) is 2. The molecule has 0 aliphatic heterocycles. The lowest BCUT2D eigenvalue weighted by Crippen LogP contribution is -3.00. The first-order valence-corrected chi connectivity index (χ1v) is 5.81. The fourth-order valence-corrected chi connectivity index (χ4v) is 1.56. The zero-order valence-electron chi connectivity index (χ0n) is 10.8. The first-order chi connectivity index (χ1) is 9.58. The molecule has 2 aromatic rings. The highest BCUT2D eigenvalue weighted by Gasteiger charge is 2.10. The third-order valence-corrected chi connectivity index (χ3v) is 2.54. The number of nitrogens with one attached hydrogen (secondary N) is 2. The lowest BCUT2D eigenvalue weighted by Gasteiger charge is -2.04. The number of hydrogen-bond acceptors (Lipinski definition) is 3. The summed E-state index contributed by atoms with van der Waals surface area (Å²) in [6.07, 6.45) is 4.20. The van der Waals surface area contributed by atoms with Crippen LogP contribution in [0.3, 0.4) is 0 Å². The number of aromatic nitrogens is 3. The molecule has 112 valence electrons. The van der Waals surface area contributed by atoms with Crippen molar-refractivity contribution in [1.82, 2.24) is 14.9 Å². The fraction of sp³-hybridized carbons (Fsp3) is 0.167. The maximum Gasteiger partial charge on any atom is 0.336 e. The van der Waals surface area contributed by atoms with Gasteiger partial charge in [0.25, 0.3) is 5.56 Å². The lowest BCUT2D eigenvalue weighted by atomic mass is 10.4. The van der Waals surface area contributed by atoms with E-state index in [0.717, 1.165) is 0 Å². The highest BCUT2D eigenvalue weighted by atomic mass is 35.5. The quantitative estimate of drug-likeness (QED) is 0.570. The average molecular weight is 315 g/mol. The summed E-state index contributed by atoms with van der Waals surface area (Å²) in [6.45, 7) is 0.744. The van der Waals surface area contributed by atoms with Gasteiger partial charge in [-0.05, 0) is 0 Å². The lowest BCUT2D eigenvalue weighted by molar-refractivity contribution is -0.694. The second-order valence-electron chi connectivity index (χ2n) is 3.95. The van der Waals surface area contributed by atoms with Crippen LogP contribution in [0.5, 0.6) is 0 Å². The van der Waals surface area contributed by atoms with E-state index >= 15 is 0 Å². The number of carbonyl (C=O) groups excluding carboxylic acids is 1. The first kappa shape index (κ1) is 16.6. The van der Waals surface area contributed by atoms with E-state index in [2.05, 4.69) is 5.32 Å². The molecular weight excluding hydrogens is 303 g/mol. The third-order valence-electron chi connectivity index (χ3n) is 2.54. The van der Waals surface area contributed by atoms with Gasteiger partial charge in [0.05, 0.1) is 12.7 Å². The van der Waals surface area contributed by atoms with Crippen LogP contribution in [-0.2, 0) is 6.54 Å². The number of nitrogens with zero attached hydrogens (tertiary/aromatic N) is 2. The zero-order valence-corrected chi connectivity index (χ0v) is 11.5. The minimum absolute atomic E-state index is 0. The molecule has 0 saturated carbocycles. The van der Waals surface area contributed by atoms with Crippen LogP contribution in [0.25, 0.3) is 0 Å². The molecule has 0 aliphatic carbocycles. The van der Waals surface area contributed by atoms with E-state index in [1.165, 1.54) is 0 Å². The van der Waals surface area contributed by atoms with Crippen molar-refractivity contribution in [3.63, 3.8) is 0 Å². The molecule has 0 aromatic carbocycles. The Balaban J connectivity index is 0.00000220. The second-order valence-corrected chi connectivity index (χ2v) is 3.95. The van der Waals surface area contributed by atoms with Crippen molar-refractivity contribution in [1.29, 1.82) is 0 Å². The molecule has 0 bridgehead atoms. The first-order valence-electron chi connectivity index (χ1n) is 5.81. The van der Waals surface area contributed by atoms with E-state index < -0.39 is 23.1 Å². The predicted molar refractivity (Wildman–Crippen MR) is 66.7 cm³/mol. The Hall–Kier alpha value is -2.48. The van der Waals surface area contributed by atoms with Crippen molar-refractivity contribution in [2.75, 3.05) is 6.54 Å². The van der Waals surface area contributed by atoms with Gasteiger partial charge in [-0.2, -0.15) is 4.39 Å². The van der Waals surface area contributed by atoms with Crippen molar-refractivity contribution in [2.24, 2.45) is 0 Å². The minimum atomic E-state index is -1.20. The molecule has 2 heterocycles. The largest absolute Gasteiger partial charge is 1.00 e. The third kappa shape index (κ3) is 4.25. The highest BCUT2D eigenvalue weighted by Crippen LogP contribution is 1.84. The number of amides is 1. The fourth-order valence-electron chi connectivity index (χ4n) is 1.56. The number of pyridine rings is 1. The van der Waals surface area contributed by atoms with Gasteiger partial charge < -0.3 is 17.7 Å². The Bertz CT molecular complexity index is 729. The molecule has 0 fully saturated rings. The molecule has 9 heteroatoms. The molecule has 21 heavy (non-hydrogen) atoms. The standard InChI is InChI=1S/C12H11FN4O3.ClH/c13-9-8-17(12(20)15-10(9)18)11(19)14-4-7-16-5-2-1-3-6-16;/h1-3,5-6,8H,4,7H2,(H-,14,15,18,19,20);1H. The second kappa shape index (κ2) is 7.34. The smallest absolute Gasteiger partial charge is 0.336 e. The molecule has 0 unspecified atom stereocenters. The summed E-state index contributed by atoms with van der Waals surface area (Å²) in [5.41, 5.74) is -2.14. The predicted octanol–water partition coefficient (Wildman–Crippen LogP) is -3.77. The molecule has 7 nitrogen and oxygen atoms in total. The maximum absolute atomic E-state index is 13.0. The summed E-state index contributed by atoms with van der Waals surface area (Å²) in [4.78, 5) is 35.6. The van der Waals surface area contributed by atoms with E-state index in [-0.39, 0.29) is 19.0 Å². The molecule has 0 spiro atoms. The maximum atomic E-state index is 13.0. The van der Waals surface area contributed by atoms with Gasteiger partial charge in [-0.25, -0.2) is 18.7 Å². The molecule has 2 rings (SSSR count). The SMILES string of the molecule is O=C(NCC[n+]1ccccc1)n1cc(F)c(=O)[nH]c1=O.[Cl-]. The van der Waals surface area contributed by atoms with Gasteiger partial charge in [-0.3, -0.25) is 9.78 Å². The van der Waals surface area contributed by atoms with Gasteiger partial charge in [-0.1, -0.05) is 6.07 Å². The van der Waals surface area contributed by atoms with Crippen LogP contribution in [0.2, 0.25) is 0 Å². The van der Waals surface area contributed by atoms with Crippen LogP contribution in [0.1, 0.15) is 0 Å². The van der Waals surface area contributed by atoms with Crippen molar-refractivity contribution < 1.29 is 26.2 Å². The van der Waals surface area contributed by atoms with Crippen LogP contribution in [-0.4, -0.2) is 22.1 Å². The van der Waals surface area contributed by atoms with Crippen molar-refractivity contribution >= 4 is 6.03 Å². The van der Waals surface area contributed by atoms with Crippen LogP contribution < -0.4 is 33.5 Å². The molecule has 0 atom stereocenters. The Morgan fingerprint density at radius 2 is 1.95 bits per heavy atom. The van der Waals surface area contributed by atoms with Gasteiger partial charge in [0.1, 0.15) is 0 Å². The molecule has 0 radical (unpaired) electrons. The van der Waals surface area contributed by atoms with Crippen LogP contribution in [0.15, 0.2) is 46.4 Å². The Morgan fingerprint density at radius 3 is 2.62 bits per heavy atom. The summed E-state index contributed by atoms with van der Waals surface area (Å²) >= 11 is 0. The number of rotatable bonds is 3. The Kier molecular flexibility index (Phi) is 5.79. The van der Waals surface area contributed by atoms with Crippen LogP contribution in [0.4, 0.5) is 9.18 Å². The summed E-state index contributed by atoms with van der Waals surface area (Å²) in [5.74, 6) is -1.20. The number of carbonyl (C=O) groups is 1. The number of halogens is 2. The normalized spacial score (nSPS) is 9.76. The van der Waals surface area contributed by atoms with E-state index in [1.807, 2.05) is 35.2 Å². The van der Waals surface area contributed by atoms with Gasteiger partial charge in [-0.15, -0.1) is 0 Å². The van der Waals surface area contributed by atoms with Gasteiger partial charge >= 0.3 is 11.7 Å². The Labute approximate surface area is 124 Å². The number of H-pyrrole nitrogens is 1. The molecule has 0 saturated heterocycles. The highest BCUT2D eigenvalue weighted by molar-refractivity contribution is 5.76. The monoisotopic (exact) mass is 314 g/mol. The zero-order chi connectivity index (χ0) is 14.5. The van der Waals surface area contributed by atoms with Gasteiger partial charge in [0.15, 0.2) is 18.9 Å². The van der Waals surface area contributed by atoms with Gasteiger partial charge in [0, 0.05) is 12.1 Å². The topological polar surface area (TPSA) is 87.8 Å². The van der Waals surface area contributed by atoms with Crippen molar-refractivity contribution in [3.8, 4) is 0 Å². The molecule has 0 aliphatic rings. The van der Waals surface area contributed by atoms with E-state index in [9.17, 15) is 18.8 Å². The molecule has 2 aromatic heterocycles. The summed E-state index contributed by atoms with van der Waals surface area (Å²) in [7, 11) is 0. The Morgan fingerprint density at radius 1 is 1.29 bits per heavy atom. The van der Waals surface area contributed by atoms with Crippen LogP contribution >= 0.6 is 0 Å². The molecule has 2 N–H and O–H groups in total. The van der Waals surface area contributed by atoms with Gasteiger partial charge in [0.2, 0.25) is 5.82 Å². The van der Waals surface area contributed by atoms with Crippen molar-refractivity contribution in [3.05, 3.63) is 63.4 Å². The summed E-state index contributed by atoms with van der Waals surface area (Å²) in [5, 5.41) is 2.45. The van der Waals surface area contributed by atoms with E-state index in [1.54, 1.807) is 4.98 Å². The van der Waals surface area contributed by atoms with Crippen molar-refractivity contribution in [2.45, 2.75) is 6.54 Å². The van der Waals surface area contributed by atoms with E-state index in [4.69, 9.17) is 0 Å². The van der Waals surface area contributed by atoms with E-state index in [0.29, 0.717) is 17.3 Å².